The van der Waals surface area contributed by atoms with Crippen LogP contribution in [0.15, 0.2) is 42.5 Å². The van der Waals surface area contributed by atoms with E-state index in [1.165, 1.54) is 23.1 Å². The normalized spacial score (nSPS) is 12.4. The molecule has 2 aromatic rings. The second kappa shape index (κ2) is 11.9. The van der Waals surface area contributed by atoms with Crippen molar-refractivity contribution in [3.8, 4) is 0 Å². The van der Waals surface area contributed by atoms with Gasteiger partial charge in [0.05, 0.1) is 17.0 Å². The first-order valence-corrected chi connectivity index (χ1v) is 13.5. The summed E-state index contributed by atoms with van der Waals surface area (Å²) in [6.45, 7) is 7.58. The molecule has 0 aliphatic heterocycles. The summed E-state index contributed by atoms with van der Waals surface area (Å²) in [5.74, 6) is -0.627. The number of hydrogen-bond acceptors (Lipinski definition) is 4. The number of benzene rings is 2. The number of amides is 2. The molecule has 0 unspecified atom stereocenters. The van der Waals surface area contributed by atoms with Gasteiger partial charge in [0.15, 0.2) is 0 Å². The number of carbonyl (C=O) groups excluding carboxylic acids is 2. The minimum absolute atomic E-state index is 0.0946. The highest BCUT2D eigenvalue weighted by Gasteiger charge is 2.31. The van der Waals surface area contributed by atoms with Crippen molar-refractivity contribution in [1.82, 2.24) is 10.2 Å². The minimum atomic E-state index is -3.89. The molecule has 186 valence electrons. The molecule has 0 aromatic heterocycles. The Morgan fingerprint density at radius 2 is 1.65 bits per heavy atom. The van der Waals surface area contributed by atoms with E-state index in [1.54, 1.807) is 6.92 Å². The molecule has 0 heterocycles. The van der Waals surface area contributed by atoms with Gasteiger partial charge in [0.1, 0.15) is 12.6 Å². The van der Waals surface area contributed by atoms with Gasteiger partial charge in [0, 0.05) is 18.1 Å². The van der Waals surface area contributed by atoms with E-state index in [-0.39, 0.29) is 34.1 Å². The third-order valence-corrected chi connectivity index (χ3v) is 6.86. The lowest BCUT2D eigenvalue weighted by molar-refractivity contribution is -0.139. The molecule has 0 saturated heterocycles. The number of nitrogens with zero attached hydrogens (tertiary/aromatic N) is 2. The molecule has 0 aliphatic carbocycles. The van der Waals surface area contributed by atoms with Crippen LogP contribution in [0.5, 0.6) is 0 Å². The van der Waals surface area contributed by atoms with Crippen LogP contribution in [0.25, 0.3) is 0 Å². The lowest BCUT2D eigenvalue weighted by atomic mass is 10.1. The highest BCUT2D eigenvalue weighted by atomic mass is 35.5. The summed E-state index contributed by atoms with van der Waals surface area (Å²) >= 11 is 12.3. The summed E-state index contributed by atoms with van der Waals surface area (Å²) in [4.78, 5) is 27.7. The van der Waals surface area contributed by atoms with Gasteiger partial charge in [-0.3, -0.25) is 13.9 Å². The quantitative estimate of drug-likeness (QED) is 0.500. The molecule has 10 heteroatoms. The first-order chi connectivity index (χ1) is 15.8. The summed E-state index contributed by atoms with van der Waals surface area (Å²) < 4.78 is 26.1. The van der Waals surface area contributed by atoms with Crippen molar-refractivity contribution in [2.75, 3.05) is 23.7 Å². The fraction of sp³-hybridized carbons (Fsp3) is 0.417. The molecule has 0 saturated carbocycles. The van der Waals surface area contributed by atoms with Gasteiger partial charge in [0.2, 0.25) is 21.8 Å². The van der Waals surface area contributed by atoms with Gasteiger partial charge >= 0.3 is 0 Å². The fourth-order valence-electron chi connectivity index (χ4n) is 3.20. The Balaban J connectivity index is 2.40. The van der Waals surface area contributed by atoms with E-state index in [0.29, 0.717) is 6.54 Å². The maximum atomic E-state index is 13.5. The van der Waals surface area contributed by atoms with E-state index in [2.05, 4.69) is 5.32 Å². The number of nitrogens with one attached hydrogen (secondary N) is 1. The summed E-state index contributed by atoms with van der Waals surface area (Å²) in [5.41, 5.74) is 1.97. The zero-order valence-electron chi connectivity index (χ0n) is 20.0. The zero-order valence-corrected chi connectivity index (χ0v) is 22.3. The summed E-state index contributed by atoms with van der Waals surface area (Å²) in [5, 5.41) is 3.25. The molecule has 7 nitrogen and oxygen atoms in total. The van der Waals surface area contributed by atoms with E-state index in [4.69, 9.17) is 23.2 Å². The van der Waals surface area contributed by atoms with Crippen molar-refractivity contribution in [2.24, 2.45) is 5.92 Å². The molecule has 0 spiro atoms. The van der Waals surface area contributed by atoms with Gasteiger partial charge < -0.3 is 10.2 Å². The summed E-state index contributed by atoms with van der Waals surface area (Å²) in [6, 6.07) is 11.1. The number of hydrogen-bond donors (Lipinski definition) is 1. The monoisotopic (exact) mass is 527 g/mol. The predicted molar refractivity (Wildman–Crippen MR) is 138 cm³/mol. The highest BCUT2D eigenvalue weighted by molar-refractivity contribution is 7.92. The van der Waals surface area contributed by atoms with Gasteiger partial charge in [-0.2, -0.15) is 0 Å². The topological polar surface area (TPSA) is 86.8 Å². The molecular weight excluding hydrogens is 497 g/mol. The fourth-order valence-corrected chi connectivity index (χ4v) is 4.49. The van der Waals surface area contributed by atoms with E-state index in [1.807, 2.05) is 45.0 Å². The molecule has 0 bridgehead atoms. The van der Waals surface area contributed by atoms with Gasteiger partial charge in [-0.25, -0.2) is 8.42 Å². The van der Waals surface area contributed by atoms with E-state index in [9.17, 15) is 18.0 Å². The number of halogens is 2. The SMILES string of the molecule is Cc1ccc(CN(C(=O)CN(c2cc(Cl)ccc2Cl)S(C)(=O)=O)[C@H](C)C(=O)NCC(C)C)cc1. The third-order valence-electron chi connectivity index (χ3n) is 5.18. The Kier molecular flexibility index (Phi) is 9.79. The molecule has 34 heavy (non-hydrogen) atoms. The number of anilines is 1. The lowest BCUT2D eigenvalue weighted by Crippen LogP contribution is -2.51. The Bertz CT molecular complexity index is 1120. The molecule has 2 aromatic carbocycles. The second-order valence-electron chi connectivity index (χ2n) is 8.69. The van der Waals surface area contributed by atoms with Crippen LogP contribution in [0, 0.1) is 12.8 Å². The standard InChI is InChI=1S/C24H31Cl2N3O4S/c1-16(2)13-27-24(31)18(4)28(14-19-8-6-17(3)7-9-19)23(30)15-29(34(5,32)33)22-12-20(25)10-11-21(22)26/h6-12,16,18H,13-15H2,1-5H3,(H,27,31)/t18-/m1/s1. The van der Waals surface area contributed by atoms with Crippen LogP contribution in [-0.4, -0.2) is 50.5 Å². The number of rotatable bonds is 10. The van der Waals surface area contributed by atoms with Gasteiger partial charge in [-0.05, 0) is 43.5 Å². The van der Waals surface area contributed by atoms with Crippen molar-refractivity contribution in [2.45, 2.75) is 40.3 Å². The van der Waals surface area contributed by atoms with Crippen LogP contribution in [0.3, 0.4) is 0 Å². The summed E-state index contributed by atoms with van der Waals surface area (Å²) in [6.07, 6.45) is 0.987. The van der Waals surface area contributed by atoms with E-state index >= 15 is 0 Å². The number of aryl methyl sites for hydroxylation is 1. The van der Waals surface area contributed by atoms with E-state index in [0.717, 1.165) is 21.7 Å². The van der Waals surface area contributed by atoms with Crippen LogP contribution in [0.2, 0.25) is 10.0 Å². The average Bonchev–Trinajstić information content (AvgIpc) is 2.75. The Labute approximate surface area is 212 Å². The van der Waals surface area contributed by atoms with Crippen LogP contribution in [-0.2, 0) is 26.2 Å². The van der Waals surface area contributed by atoms with Crippen molar-refractivity contribution < 1.29 is 18.0 Å². The second-order valence-corrected chi connectivity index (χ2v) is 11.4. The molecule has 1 atom stereocenters. The predicted octanol–water partition coefficient (Wildman–Crippen LogP) is 4.26. The molecule has 2 rings (SSSR count). The third kappa shape index (κ3) is 7.89. The Morgan fingerprint density at radius 3 is 2.21 bits per heavy atom. The van der Waals surface area contributed by atoms with Crippen LogP contribution >= 0.6 is 23.2 Å². The van der Waals surface area contributed by atoms with Crippen molar-refractivity contribution in [3.63, 3.8) is 0 Å². The first kappa shape index (κ1) is 28.0. The Morgan fingerprint density at radius 1 is 1.03 bits per heavy atom. The lowest BCUT2D eigenvalue weighted by Gasteiger charge is -2.32. The molecule has 0 radical (unpaired) electrons. The number of sulfonamides is 1. The van der Waals surface area contributed by atoms with Crippen molar-refractivity contribution >= 4 is 50.7 Å². The van der Waals surface area contributed by atoms with Crippen molar-refractivity contribution in [1.29, 1.82) is 0 Å². The maximum Gasteiger partial charge on any atom is 0.244 e. The maximum absolute atomic E-state index is 13.5. The molecular formula is C24H31Cl2N3O4S. The zero-order chi connectivity index (χ0) is 25.6. The van der Waals surface area contributed by atoms with E-state index < -0.39 is 28.5 Å². The first-order valence-electron chi connectivity index (χ1n) is 10.8. The number of carbonyl (C=O) groups is 2. The smallest absolute Gasteiger partial charge is 0.244 e. The van der Waals surface area contributed by atoms with Crippen molar-refractivity contribution in [3.05, 3.63) is 63.6 Å². The van der Waals surface area contributed by atoms with Gasteiger partial charge in [-0.1, -0.05) is 66.9 Å². The van der Waals surface area contributed by atoms with Gasteiger partial charge in [0.25, 0.3) is 0 Å². The molecule has 1 N–H and O–H groups in total. The largest absolute Gasteiger partial charge is 0.354 e. The van der Waals surface area contributed by atoms with Crippen LogP contribution in [0.1, 0.15) is 31.9 Å². The Hall–Kier alpha value is -2.29. The average molecular weight is 529 g/mol. The molecule has 0 aliphatic rings. The van der Waals surface area contributed by atoms with Crippen LogP contribution < -0.4 is 9.62 Å². The molecule has 2 amide bonds. The minimum Gasteiger partial charge on any atom is -0.354 e. The van der Waals surface area contributed by atoms with Gasteiger partial charge in [-0.15, -0.1) is 0 Å². The summed E-state index contributed by atoms with van der Waals surface area (Å²) in [7, 11) is -3.89. The highest BCUT2D eigenvalue weighted by Crippen LogP contribution is 2.30. The van der Waals surface area contributed by atoms with Crippen LogP contribution in [0.4, 0.5) is 5.69 Å². The molecule has 0 fully saturated rings.